The third-order valence-electron chi connectivity index (χ3n) is 5.26. The van der Waals surface area contributed by atoms with Crippen molar-refractivity contribution in [3.8, 4) is 5.75 Å². The maximum Gasteiger partial charge on any atom is 0.312 e. The maximum absolute atomic E-state index is 13.1. The number of fused-ring (bicyclic) bond motifs is 1. The van der Waals surface area contributed by atoms with Crippen molar-refractivity contribution in [1.82, 2.24) is 9.66 Å². The van der Waals surface area contributed by atoms with Crippen LogP contribution in [0.1, 0.15) is 29.4 Å². The second kappa shape index (κ2) is 10.5. The van der Waals surface area contributed by atoms with Crippen LogP contribution in [0.25, 0.3) is 10.9 Å². The Kier molecular flexibility index (Phi) is 7.42. The van der Waals surface area contributed by atoms with E-state index in [4.69, 9.17) is 4.74 Å². The van der Waals surface area contributed by atoms with E-state index >= 15 is 0 Å². The van der Waals surface area contributed by atoms with Gasteiger partial charge in [-0.3, -0.25) is 14.9 Å². The summed E-state index contributed by atoms with van der Waals surface area (Å²) in [4.78, 5) is 28.9. The van der Waals surface area contributed by atoms with Gasteiger partial charge >= 0.3 is 5.69 Å². The van der Waals surface area contributed by atoms with Gasteiger partial charge in [-0.05, 0) is 52.7 Å². The van der Waals surface area contributed by atoms with Crippen LogP contribution < -0.4 is 10.3 Å². The SMILES string of the molecule is CCc1nc2ccc(Br)cc2c(=O)n1N=Cc1cc(Br)c(OCc2ccc(C)cc2)c([N+](=O)[O-])c1. The maximum atomic E-state index is 13.1. The number of aryl methyl sites for hydroxylation is 2. The van der Waals surface area contributed by atoms with Crippen LogP contribution in [0, 0.1) is 17.0 Å². The number of nitrogens with zero attached hydrogens (tertiary/aromatic N) is 4. The van der Waals surface area contributed by atoms with Crippen LogP contribution in [-0.2, 0) is 13.0 Å². The van der Waals surface area contributed by atoms with E-state index in [1.54, 1.807) is 18.2 Å². The van der Waals surface area contributed by atoms with Crippen LogP contribution in [0.2, 0.25) is 0 Å². The predicted octanol–water partition coefficient (Wildman–Crippen LogP) is 6.16. The van der Waals surface area contributed by atoms with Crippen LogP contribution in [0.15, 0.2) is 73.4 Å². The number of aromatic nitrogens is 2. The third kappa shape index (κ3) is 5.49. The highest BCUT2D eigenvalue weighted by molar-refractivity contribution is 9.10. The minimum absolute atomic E-state index is 0.122. The summed E-state index contributed by atoms with van der Waals surface area (Å²) >= 11 is 6.76. The summed E-state index contributed by atoms with van der Waals surface area (Å²) in [6.45, 7) is 4.04. The van der Waals surface area contributed by atoms with Gasteiger partial charge in [-0.15, -0.1) is 0 Å². The lowest BCUT2D eigenvalue weighted by atomic mass is 10.1. The third-order valence-corrected chi connectivity index (χ3v) is 6.34. The van der Waals surface area contributed by atoms with Crippen molar-refractivity contribution in [2.75, 3.05) is 0 Å². The highest BCUT2D eigenvalue weighted by Crippen LogP contribution is 2.36. The Bertz CT molecular complexity index is 1520. The topological polar surface area (TPSA) is 99.6 Å². The molecule has 0 aliphatic heterocycles. The van der Waals surface area contributed by atoms with Gasteiger partial charge in [0.25, 0.3) is 5.56 Å². The van der Waals surface area contributed by atoms with Crippen LogP contribution in [0.3, 0.4) is 0 Å². The van der Waals surface area contributed by atoms with Gasteiger partial charge in [-0.25, -0.2) is 4.98 Å². The number of benzene rings is 3. The molecule has 0 unspecified atom stereocenters. The minimum Gasteiger partial charge on any atom is -0.481 e. The van der Waals surface area contributed by atoms with Crippen molar-refractivity contribution in [2.45, 2.75) is 26.9 Å². The zero-order chi connectivity index (χ0) is 25.1. The molecule has 35 heavy (non-hydrogen) atoms. The van der Waals surface area contributed by atoms with Crippen molar-refractivity contribution in [3.63, 3.8) is 0 Å². The summed E-state index contributed by atoms with van der Waals surface area (Å²) in [5.41, 5.74) is 2.48. The molecule has 0 radical (unpaired) electrons. The lowest BCUT2D eigenvalue weighted by Crippen LogP contribution is -2.22. The molecule has 0 aliphatic rings. The average molecular weight is 600 g/mol. The molecule has 0 saturated carbocycles. The molecule has 0 saturated heterocycles. The normalized spacial score (nSPS) is 11.3. The Morgan fingerprint density at radius 3 is 2.57 bits per heavy atom. The van der Waals surface area contributed by atoms with E-state index in [1.807, 2.05) is 44.2 Å². The van der Waals surface area contributed by atoms with Crippen LogP contribution in [0.4, 0.5) is 5.69 Å². The summed E-state index contributed by atoms with van der Waals surface area (Å²) in [5, 5.41) is 16.5. The Balaban J connectivity index is 1.69. The fourth-order valence-electron chi connectivity index (χ4n) is 3.46. The summed E-state index contributed by atoms with van der Waals surface area (Å²) < 4.78 is 8.16. The van der Waals surface area contributed by atoms with Gasteiger partial charge in [-0.1, -0.05) is 52.7 Å². The van der Waals surface area contributed by atoms with E-state index in [0.717, 1.165) is 15.6 Å². The molecule has 0 bridgehead atoms. The highest BCUT2D eigenvalue weighted by atomic mass is 79.9. The van der Waals surface area contributed by atoms with Crippen LogP contribution in [0.5, 0.6) is 5.75 Å². The van der Waals surface area contributed by atoms with Crippen LogP contribution in [-0.4, -0.2) is 20.8 Å². The molecular formula is C25H20Br2N4O4. The molecule has 0 N–H and O–H groups in total. The molecule has 8 nitrogen and oxygen atoms in total. The first-order valence-electron chi connectivity index (χ1n) is 10.7. The molecule has 3 aromatic carbocycles. The monoisotopic (exact) mass is 598 g/mol. The lowest BCUT2D eigenvalue weighted by molar-refractivity contribution is -0.386. The number of ether oxygens (including phenoxy) is 1. The van der Waals surface area contributed by atoms with Crippen molar-refractivity contribution in [2.24, 2.45) is 5.10 Å². The largest absolute Gasteiger partial charge is 0.481 e. The van der Waals surface area contributed by atoms with Crippen molar-refractivity contribution >= 4 is 54.7 Å². The molecule has 0 aliphatic carbocycles. The molecule has 4 rings (SSSR count). The highest BCUT2D eigenvalue weighted by Gasteiger charge is 2.20. The zero-order valence-electron chi connectivity index (χ0n) is 18.9. The molecule has 0 amide bonds. The molecule has 1 aromatic heterocycles. The predicted molar refractivity (Wildman–Crippen MR) is 142 cm³/mol. The number of halogens is 2. The number of rotatable bonds is 7. The number of hydrogen-bond acceptors (Lipinski definition) is 6. The fraction of sp³-hybridized carbons (Fsp3) is 0.160. The van der Waals surface area contributed by atoms with Crippen LogP contribution >= 0.6 is 31.9 Å². The van der Waals surface area contributed by atoms with E-state index in [2.05, 4.69) is 41.9 Å². The Labute approximate surface area is 217 Å². The molecule has 1 heterocycles. The Morgan fingerprint density at radius 2 is 1.89 bits per heavy atom. The molecular weight excluding hydrogens is 580 g/mol. The lowest BCUT2D eigenvalue weighted by Gasteiger charge is -2.10. The van der Waals surface area contributed by atoms with Gasteiger partial charge in [0.2, 0.25) is 5.75 Å². The van der Waals surface area contributed by atoms with E-state index < -0.39 is 4.92 Å². The van der Waals surface area contributed by atoms with E-state index in [1.165, 1.54) is 17.0 Å². The number of hydrogen-bond donors (Lipinski definition) is 0. The van der Waals surface area contributed by atoms with Gasteiger partial charge in [0, 0.05) is 22.5 Å². The Morgan fingerprint density at radius 1 is 1.14 bits per heavy atom. The molecule has 178 valence electrons. The number of nitro benzene ring substituents is 1. The summed E-state index contributed by atoms with van der Waals surface area (Å²) in [6.07, 6.45) is 1.88. The first-order valence-corrected chi connectivity index (χ1v) is 12.3. The molecule has 0 spiro atoms. The van der Waals surface area contributed by atoms with E-state index in [9.17, 15) is 14.9 Å². The van der Waals surface area contributed by atoms with Gasteiger partial charge in [0.1, 0.15) is 12.4 Å². The minimum atomic E-state index is -0.509. The standard InChI is InChI=1S/C25H20Br2N4O4/c1-3-23-29-21-9-8-18(26)12-19(21)25(32)30(23)28-13-17-10-20(27)24(22(11-17)31(33)34)35-14-16-6-4-15(2)5-7-16/h4-13H,3,14H2,1-2H3. The smallest absolute Gasteiger partial charge is 0.312 e. The summed E-state index contributed by atoms with van der Waals surface area (Å²) in [5.74, 6) is 0.601. The first kappa shape index (κ1) is 24.7. The van der Waals surface area contributed by atoms with Crippen molar-refractivity contribution < 1.29 is 9.66 Å². The summed E-state index contributed by atoms with van der Waals surface area (Å²) in [6, 6.07) is 16.0. The van der Waals surface area contributed by atoms with E-state index in [0.29, 0.717) is 33.2 Å². The van der Waals surface area contributed by atoms with Gasteiger partial charge in [0.05, 0.1) is 26.5 Å². The summed E-state index contributed by atoms with van der Waals surface area (Å²) in [7, 11) is 0. The van der Waals surface area contributed by atoms with Gasteiger partial charge < -0.3 is 4.74 Å². The van der Waals surface area contributed by atoms with Crippen molar-refractivity contribution in [3.05, 3.63) is 107 Å². The average Bonchev–Trinajstić information content (AvgIpc) is 2.83. The first-order chi connectivity index (χ1) is 16.8. The Hall–Kier alpha value is -3.37. The van der Waals surface area contributed by atoms with Crippen molar-refractivity contribution in [1.29, 1.82) is 0 Å². The fourth-order valence-corrected chi connectivity index (χ4v) is 4.40. The second-order valence-corrected chi connectivity index (χ2v) is 9.56. The molecule has 10 heteroatoms. The van der Waals surface area contributed by atoms with E-state index in [-0.39, 0.29) is 23.6 Å². The molecule has 0 atom stereocenters. The second-order valence-electron chi connectivity index (χ2n) is 7.79. The quantitative estimate of drug-likeness (QED) is 0.144. The van der Waals surface area contributed by atoms with Gasteiger partial charge in [-0.2, -0.15) is 9.78 Å². The zero-order valence-corrected chi connectivity index (χ0v) is 22.0. The number of nitro groups is 1. The van der Waals surface area contributed by atoms with Gasteiger partial charge in [0.15, 0.2) is 0 Å². The molecule has 0 fully saturated rings. The molecule has 4 aromatic rings.